The van der Waals surface area contributed by atoms with E-state index in [2.05, 4.69) is 5.32 Å². The summed E-state index contributed by atoms with van der Waals surface area (Å²) < 4.78 is 38.0. The van der Waals surface area contributed by atoms with E-state index in [1.807, 2.05) is 0 Å². The van der Waals surface area contributed by atoms with Crippen molar-refractivity contribution in [3.8, 4) is 0 Å². The molecule has 1 amide bonds. The zero-order valence-electron chi connectivity index (χ0n) is 12.2. The molecule has 0 bridgehead atoms. The quantitative estimate of drug-likeness (QED) is 0.640. The van der Waals surface area contributed by atoms with Gasteiger partial charge in [-0.15, -0.1) is 11.8 Å². The predicted octanol–water partition coefficient (Wildman–Crippen LogP) is 4.41. The fourth-order valence-electron chi connectivity index (χ4n) is 1.82. The van der Waals surface area contributed by atoms with Gasteiger partial charge in [0.25, 0.3) is 0 Å². The van der Waals surface area contributed by atoms with Crippen LogP contribution in [0.5, 0.6) is 0 Å². The number of carbonyl (C=O) groups excluding carboxylic acids is 1. The van der Waals surface area contributed by atoms with Crippen molar-refractivity contribution in [1.29, 1.82) is 0 Å². The number of alkyl halides is 3. The zero-order valence-corrected chi connectivity index (χ0v) is 13.0. The van der Waals surface area contributed by atoms with Crippen molar-refractivity contribution in [3.05, 3.63) is 54.1 Å². The number of nitrogens with two attached hydrogens (primary N) is 1. The van der Waals surface area contributed by atoms with Gasteiger partial charge in [0.2, 0.25) is 5.91 Å². The fraction of sp³-hybridized carbons (Fsp3) is 0.188. The highest BCUT2D eigenvalue weighted by Crippen LogP contribution is 2.31. The topological polar surface area (TPSA) is 55.1 Å². The highest BCUT2D eigenvalue weighted by atomic mass is 32.2. The van der Waals surface area contributed by atoms with Crippen LogP contribution in [-0.4, -0.2) is 11.2 Å². The van der Waals surface area contributed by atoms with Gasteiger partial charge in [0, 0.05) is 16.3 Å². The lowest BCUT2D eigenvalue weighted by Crippen LogP contribution is -2.22. The van der Waals surface area contributed by atoms with Crippen LogP contribution in [0.15, 0.2) is 53.4 Å². The van der Waals surface area contributed by atoms with Gasteiger partial charge in [0.15, 0.2) is 0 Å². The second-order valence-electron chi connectivity index (χ2n) is 4.90. The monoisotopic (exact) mass is 340 g/mol. The Morgan fingerprint density at radius 1 is 1.17 bits per heavy atom. The molecule has 0 spiro atoms. The normalized spacial score (nSPS) is 12.7. The molecule has 0 aliphatic carbocycles. The smallest absolute Gasteiger partial charge is 0.399 e. The van der Waals surface area contributed by atoms with Crippen molar-refractivity contribution in [3.63, 3.8) is 0 Å². The minimum absolute atomic E-state index is 0.120. The van der Waals surface area contributed by atoms with Crippen molar-refractivity contribution in [2.24, 2.45) is 0 Å². The Kier molecular flexibility index (Phi) is 5.20. The molecule has 0 fully saturated rings. The lowest BCUT2D eigenvalue weighted by Gasteiger charge is -2.13. The van der Waals surface area contributed by atoms with E-state index in [1.54, 1.807) is 31.2 Å². The molecular weight excluding hydrogens is 325 g/mol. The number of rotatable bonds is 4. The summed E-state index contributed by atoms with van der Waals surface area (Å²) in [4.78, 5) is 13.0. The van der Waals surface area contributed by atoms with Crippen LogP contribution in [0.25, 0.3) is 0 Å². The van der Waals surface area contributed by atoms with Gasteiger partial charge in [-0.3, -0.25) is 4.79 Å². The van der Waals surface area contributed by atoms with Crippen LogP contribution in [0.2, 0.25) is 0 Å². The van der Waals surface area contributed by atoms with Crippen molar-refractivity contribution in [2.75, 3.05) is 11.1 Å². The van der Waals surface area contributed by atoms with E-state index < -0.39 is 17.0 Å². The van der Waals surface area contributed by atoms with Gasteiger partial charge < -0.3 is 11.1 Å². The first-order valence-electron chi connectivity index (χ1n) is 6.76. The Bertz CT molecular complexity index is 686. The highest BCUT2D eigenvalue weighted by Gasteiger charge is 2.30. The Balaban J connectivity index is 2.02. The molecule has 1 atom stereocenters. The third kappa shape index (κ3) is 4.92. The van der Waals surface area contributed by atoms with E-state index >= 15 is 0 Å². The Hall–Kier alpha value is -2.15. The van der Waals surface area contributed by atoms with E-state index in [0.717, 1.165) is 17.0 Å². The number of carbonyl (C=O) groups is 1. The SMILES string of the molecule is CC(Sc1ccc(N)cc1)C(=O)Nc1cccc(C(F)(F)F)c1. The van der Waals surface area contributed by atoms with Gasteiger partial charge in [-0.05, 0) is 49.4 Å². The van der Waals surface area contributed by atoms with E-state index in [9.17, 15) is 18.0 Å². The summed E-state index contributed by atoms with van der Waals surface area (Å²) in [7, 11) is 0. The van der Waals surface area contributed by atoms with Crippen molar-refractivity contribution in [2.45, 2.75) is 23.2 Å². The van der Waals surface area contributed by atoms with Gasteiger partial charge >= 0.3 is 6.18 Å². The summed E-state index contributed by atoms with van der Waals surface area (Å²) in [5.74, 6) is -0.369. The maximum atomic E-state index is 12.7. The molecule has 3 nitrogen and oxygen atoms in total. The second-order valence-corrected chi connectivity index (χ2v) is 6.31. The number of hydrogen-bond donors (Lipinski definition) is 2. The molecule has 23 heavy (non-hydrogen) atoms. The number of halogens is 3. The van der Waals surface area contributed by atoms with Crippen LogP contribution >= 0.6 is 11.8 Å². The third-order valence-corrected chi connectivity index (χ3v) is 4.13. The van der Waals surface area contributed by atoms with Crippen molar-refractivity contribution < 1.29 is 18.0 Å². The van der Waals surface area contributed by atoms with Crippen LogP contribution in [0.1, 0.15) is 12.5 Å². The number of benzene rings is 2. The molecule has 2 aromatic rings. The molecule has 7 heteroatoms. The molecule has 2 rings (SSSR count). The minimum atomic E-state index is -4.44. The molecular formula is C16H15F3N2OS. The van der Waals surface area contributed by atoms with Gasteiger partial charge in [-0.1, -0.05) is 6.07 Å². The molecule has 122 valence electrons. The van der Waals surface area contributed by atoms with E-state index in [4.69, 9.17) is 5.73 Å². The van der Waals surface area contributed by atoms with Gasteiger partial charge in [0.1, 0.15) is 0 Å². The Labute approximate surface area is 136 Å². The first kappa shape index (κ1) is 17.2. The zero-order chi connectivity index (χ0) is 17.0. The number of hydrogen-bond acceptors (Lipinski definition) is 3. The fourth-order valence-corrected chi connectivity index (χ4v) is 2.69. The number of nitrogens with one attached hydrogen (secondary N) is 1. The number of nitrogen functional groups attached to an aromatic ring is 1. The number of thioether (sulfide) groups is 1. The molecule has 0 saturated heterocycles. The third-order valence-electron chi connectivity index (χ3n) is 3.02. The van der Waals surface area contributed by atoms with Crippen LogP contribution < -0.4 is 11.1 Å². The highest BCUT2D eigenvalue weighted by molar-refractivity contribution is 8.00. The summed E-state index contributed by atoms with van der Waals surface area (Å²) in [5.41, 5.74) is 5.53. The molecule has 0 aliphatic heterocycles. The number of amides is 1. The average molecular weight is 340 g/mol. The molecule has 1 unspecified atom stereocenters. The van der Waals surface area contributed by atoms with Gasteiger partial charge in [0.05, 0.1) is 10.8 Å². The first-order valence-corrected chi connectivity index (χ1v) is 7.64. The summed E-state index contributed by atoms with van der Waals surface area (Å²) >= 11 is 1.30. The van der Waals surface area contributed by atoms with Crippen molar-refractivity contribution >= 4 is 29.0 Å². The minimum Gasteiger partial charge on any atom is -0.399 e. The van der Waals surface area contributed by atoms with Crippen LogP contribution in [0, 0.1) is 0 Å². The maximum absolute atomic E-state index is 12.7. The summed E-state index contributed by atoms with van der Waals surface area (Å²) in [6.45, 7) is 1.68. The Morgan fingerprint density at radius 3 is 2.43 bits per heavy atom. The summed E-state index contributed by atoms with van der Waals surface area (Å²) in [6.07, 6.45) is -4.44. The van der Waals surface area contributed by atoms with E-state index in [-0.39, 0.29) is 11.6 Å². The predicted molar refractivity (Wildman–Crippen MR) is 86.2 cm³/mol. The second kappa shape index (κ2) is 6.95. The molecule has 0 saturated carbocycles. The van der Waals surface area contributed by atoms with E-state index in [1.165, 1.54) is 23.9 Å². The average Bonchev–Trinajstić information content (AvgIpc) is 2.49. The van der Waals surface area contributed by atoms with Crippen LogP contribution in [-0.2, 0) is 11.0 Å². The first-order chi connectivity index (χ1) is 10.8. The summed E-state index contributed by atoms with van der Waals surface area (Å²) in [6, 6.07) is 11.6. The molecule has 0 aliphatic rings. The van der Waals surface area contributed by atoms with Crippen LogP contribution in [0.3, 0.4) is 0 Å². The molecule has 0 aromatic heterocycles. The lowest BCUT2D eigenvalue weighted by molar-refractivity contribution is -0.137. The molecule has 0 heterocycles. The van der Waals surface area contributed by atoms with Gasteiger partial charge in [-0.2, -0.15) is 13.2 Å². The Morgan fingerprint density at radius 2 is 1.83 bits per heavy atom. The molecule has 3 N–H and O–H groups in total. The summed E-state index contributed by atoms with van der Waals surface area (Å²) in [5, 5.41) is 2.04. The number of anilines is 2. The standard InChI is InChI=1S/C16H15F3N2OS/c1-10(23-14-7-5-12(20)6-8-14)15(22)21-13-4-2-3-11(9-13)16(17,18)19/h2-10H,20H2,1H3,(H,21,22). The molecule has 2 aromatic carbocycles. The van der Waals surface area contributed by atoms with Crippen molar-refractivity contribution in [1.82, 2.24) is 0 Å². The van der Waals surface area contributed by atoms with Gasteiger partial charge in [-0.25, -0.2) is 0 Å². The lowest BCUT2D eigenvalue weighted by atomic mass is 10.2. The maximum Gasteiger partial charge on any atom is 0.416 e. The molecule has 0 radical (unpaired) electrons. The largest absolute Gasteiger partial charge is 0.416 e. The van der Waals surface area contributed by atoms with Crippen LogP contribution in [0.4, 0.5) is 24.5 Å². The van der Waals surface area contributed by atoms with E-state index in [0.29, 0.717) is 5.69 Å².